The minimum atomic E-state index is -4.64. The molecule has 0 unspecified atom stereocenters. The monoisotopic (exact) mass is 1050 g/mol. The van der Waals surface area contributed by atoms with Crippen molar-refractivity contribution in [3.63, 3.8) is 0 Å². The second-order valence-electron chi connectivity index (χ2n) is 20.6. The fourth-order valence-corrected chi connectivity index (χ4v) is 9.21. The summed E-state index contributed by atoms with van der Waals surface area (Å²) in [5, 5.41) is 0. The maximum Gasteiger partial charge on any atom is 0.399 e. The summed E-state index contributed by atoms with van der Waals surface area (Å²) in [6, 6.07) is 24.4. The van der Waals surface area contributed by atoms with Gasteiger partial charge in [0.25, 0.3) is 0 Å². The van der Waals surface area contributed by atoms with E-state index < -0.39 is 24.5 Å². The Bertz CT molecular complexity index is 2120. The number of rotatable bonds is 43. The predicted octanol–water partition coefficient (Wildman–Crippen LogP) is 20.5. The Morgan fingerprint density at radius 1 is 0.408 bits per heavy atom. The lowest BCUT2D eigenvalue weighted by Crippen LogP contribution is -2.19. The number of esters is 2. The minimum absolute atomic E-state index is 0.0153. The number of benzene rings is 4. The van der Waals surface area contributed by atoms with Gasteiger partial charge >= 0.3 is 18.1 Å². The van der Waals surface area contributed by atoms with Crippen molar-refractivity contribution in [2.75, 3.05) is 19.8 Å². The van der Waals surface area contributed by atoms with Gasteiger partial charge in [0.1, 0.15) is 17.9 Å². The average Bonchev–Trinajstić information content (AvgIpc) is 3.41. The molecule has 0 aromatic heterocycles. The summed E-state index contributed by atoms with van der Waals surface area (Å²) in [7, 11) is 0. The van der Waals surface area contributed by atoms with Gasteiger partial charge in [-0.25, -0.2) is 4.79 Å². The van der Waals surface area contributed by atoms with Crippen LogP contribution in [0.3, 0.4) is 0 Å². The van der Waals surface area contributed by atoms with Gasteiger partial charge in [-0.1, -0.05) is 243 Å². The molecule has 0 bridgehead atoms. The molecule has 0 saturated carbocycles. The van der Waals surface area contributed by atoms with E-state index in [0.717, 1.165) is 72.3 Å². The van der Waals surface area contributed by atoms with Crippen molar-refractivity contribution in [2.45, 2.75) is 226 Å². The smallest absolute Gasteiger partial charge is 0.399 e. The van der Waals surface area contributed by atoms with Crippen molar-refractivity contribution in [2.24, 2.45) is 0 Å². The Labute approximate surface area is 456 Å². The molecule has 0 heterocycles. The molecule has 0 amide bonds. The molecule has 0 N–H and O–H groups in total. The normalized spacial score (nSPS) is 11.6. The van der Waals surface area contributed by atoms with E-state index in [2.05, 4.69) is 39.0 Å². The van der Waals surface area contributed by atoms with Crippen LogP contribution in [0.4, 0.5) is 13.2 Å². The van der Waals surface area contributed by atoms with Crippen molar-refractivity contribution < 1.29 is 46.4 Å². The van der Waals surface area contributed by atoms with Gasteiger partial charge in [-0.15, -0.1) is 0 Å². The maximum atomic E-state index is 13.2. The molecule has 0 fully saturated rings. The Hall–Kier alpha value is -5.25. The second-order valence-corrected chi connectivity index (χ2v) is 20.6. The van der Waals surface area contributed by atoms with Crippen LogP contribution in [0.25, 0.3) is 23.3 Å². The van der Waals surface area contributed by atoms with Gasteiger partial charge in [-0.3, -0.25) is 4.79 Å². The van der Waals surface area contributed by atoms with Crippen molar-refractivity contribution in [1.82, 2.24) is 0 Å². The molecule has 0 saturated heterocycles. The fourth-order valence-electron chi connectivity index (χ4n) is 9.21. The molecule has 10 heteroatoms. The number of ether oxygens (including phenoxy) is 5. The average molecular weight is 1060 g/mol. The number of alkyl halides is 3. The zero-order valence-corrected chi connectivity index (χ0v) is 46.8. The third-order valence-electron chi connectivity index (χ3n) is 13.7. The van der Waals surface area contributed by atoms with E-state index in [1.165, 1.54) is 166 Å². The van der Waals surface area contributed by atoms with Crippen molar-refractivity contribution in [3.05, 3.63) is 102 Å². The first kappa shape index (κ1) is 63.3. The minimum Gasteiger partial charge on any atom is -0.490 e. The van der Waals surface area contributed by atoms with Gasteiger partial charge in [0.2, 0.25) is 5.75 Å². The van der Waals surface area contributed by atoms with Gasteiger partial charge < -0.3 is 23.7 Å². The molecule has 0 radical (unpaired) electrons. The van der Waals surface area contributed by atoms with Crippen molar-refractivity contribution >= 4 is 24.1 Å². The Morgan fingerprint density at radius 2 is 0.750 bits per heavy atom. The maximum absolute atomic E-state index is 13.2. The third-order valence-corrected chi connectivity index (χ3v) is 13.7. The highest BCUT2D eigenvalue weighted by molar-refractivity contribution is 5.91. The molecule has 0 aliphatic carbocycles. The summed E-state index contributed by atoms with van der Waals surface area (Å²) in [5.41, 5.74) is 3.75. The van der Waals surface area contributed by atoms with Crippen molar-refractivity contribution in [1.29, 1.82) is 0 Å². The SMILES string of the molecule is CCCCCCCCCCCCOc1cc(/C=C/c2ccc(C(=O)Oc3ccc(-c4ccc(OC(=O)CC(F)(F)F)cc4)cc3)cc2)cc(OCCCCCCCCCCCC)c1OCCCCCCCCCCCC. The lowest BCUT2D eigenvalue weighted by atomic mass is 10.1. The standard InChI is InChI=1S/C66H93F3O7/c1-4-7-10-13-16-19-22-25-28-31-48-72-61-51-55(52-62(73-49-32-29-26-23-20-17-14-11-8-5-2)64(61)74-50-33-30-27-24-21-18-15-12-9-6-3)35-34-54-36-38-58(39-37-54)65(71)76-60-46-42-57(43-47-60)56-40-44-59(45-41-56)75-63(70)53-66(67,68)69/h34-47,51-52H,4-33,48-50,53H2,1-3H3/b35-34+. The molecule has 4 rings (SSSR count). The molecule has 4 aromatic rings. The third kappa shape index (κ3) is 28.2. The topological polar surface area (TPSA) is 80.3 Å². The highest BCUT2D eigenvalue weighted by Crippen LogP contribution is 2.40. The van der Waals surface area contributed by atoms with E-state index in [0.29, 0.717) is 36.9 Å². The van der Waals surface area contributed by atoms with Crippen LogP contribution in [0.1, 0.15) is 241 Å². The quantitative estimate of drug-likeness (QED) is 0.0189. The molecule has 0 spiro atoms. The van der Waals surface area contributed by atoms with E-state index >= 15 is 0 Å². The fraction of sp³-hybridized carbons (Fsp3) is 0.576. The van der Waals surface area contributed by atoms with E-state index in [1.54, 1.807) is 48.5 Å². The molecule has 0 aliphatic rings. The van der Waals surface area contributed by atoms with Crippen LogP contribution in [-0.4, -0.2) is 37.9 Å². The highest BCUT2D eigenvalue weighted by Gasteiger charge is 2.32. The number of unbranched alkanes of at least 4 members (excludes halogenated alkanes) is 27. The first-order chi connectivity index (χ1) is 37.1. The Morgan fingerprint density at radius 3 is 1.13 bits per heavy atom. The number of halogens is 3. The van der Waals surface area contributed by atoms with E-state index in [9.17, 15) is 22.8 Å². The zero-order chi connectivity index (χ0) is 54.3. The molecule has 76 heavy (non-hydrogen) atoms. The summed E-state index contributed by atoms with van der Waals surface area (Å²) < 4.78 is 67.9. The van der Waals surface area contributed by atoms with Crippen LogP contribution in [0.15, 0.2) is 84.9 Å². The molecule has 4 aromatic carbocycles. The van der Waals surface area contributed by atoms with Crippen molar-refractivity contribution in [3.8, 4) is 39.9 Å². The second kappa shape index (κ2) is 39.2. The first-order valence-electron chi connectivity index (χ1n) is 29.6. The lowest BCUT2D eigenvalue weighted by Gasteiger charge is -2.18. The lowest BCUT2D eigenvalue weighted by molar-refractivity contribution is -0.164. The van der Waals surface area contributed by atoms with Crippen LogP contribution in [0, 0.1) is 0 Å². The number of hydrogen-bond acceptors (Lipinski definition) is 7. The summed E-state index contributed by atoms with van der Waals surface area (Å²) in [4.78, 5) is 24.8. The van der Waals surface area contributed by atoms with Gasteiger partial charge in [0.05, 0.1) is 25.4 Å². The van der Waals surface area contributed by atoms with Crippen LogP contribution < -0.4 is 23.7 Å². The largest absolute Gasteiger partial charge is 0.490 e. The molecule has 0 atom stereocenters. The van der Waals surface area contributed by atoms with Gasteiger partial charge in [0, 0.05) is 0 Å². The van der Waals surface area contributed by atoms with Crippen LogP contribution in [0.2, 0.25) is 0 Å². The number of carbonyl (C=O) groups is 2. The van der Waals surface area contributed by atoms with E-state index in [1.807, 2.05) is 18.2 Å². The number of hydrogen-bond donors (Lipinski definition) is 0. The summed E-state index contributed by atoms with van der Waals surface area (Å²) in [6.07, 6.45) is 35.6. The Balaban J connectivity index is 1.41. The highest BCUT2D eigenvalue weighted by atomic mass is 19.4. The van der Waals surface area contributed by atoms with E-state index in [4.69, 9.17) is 23.7 Å². The van der Waals surface area contributed by atoms with Crippen LogP contribution in [-0.2, 0) is 4.79 Å². The van der Waals surface area contributed by atoms with E-state index in [-0.39, 0.29) is 5.75 Å². The number of carbonyl (C=O) groups excluding carboxylic acids is 2. The molecule has 420 valence electrons. The molecular weight excluding hydrogens is 962 g/mol. The van der Waals surface area contributed by atoms with Gasteiger partial charge in [-0.2, -0.15) is 13.2 Å². The molecule has 7 nitrogen and oxygen atoms in total. The molecular formula is C66H93F3O7. The molecule has 0 aliphatic heterocycles. The predicted molar refractivity (Wildman–Crippen MR) is 307 cm³/mol. The van der Waals surface area contributed by atoms with Crippen LogP contribution >= 0.6 is 0 Å². The van der Waals surface area contributed by atoms with Crippen LogP contribution in [0.5, 0.6) is 28.7 Å². The zero-order valence-electron chi connectivity index (χ0n) is 46.8. The van der Waals surface area contributed by atoms with Gasteiger partial charge in [0.15, 0.2) is 11.5 Å². The Kier molecular flexibility index (Phi) is 32.6. The first-order valence-corrected chi connectivity index (χ1v) is 29.6. The van der Waals surface area contributed by atoms with Gasteiger partial charge in [-0.05, 0) is 90.0 Å². The summed E-state index contributed by atoms with van der Waals surface area (Å²) >= 11 is 0. The summed E-state index contributed by atoms with van der Waals surface area (Å²) in [5.74, 6) is 0.631. The summed E-state index contributed by atoms with van der Waals surface area (Å²) in [6.45, 7) is 8.65.